The fourth-order valence-electron chi connectivity index (χ4n) is 2.69. The normalized spacial score (nSPS) is 23.7. The molecule has 0 aliphatic carbocycles. The minimum absolute atomic E-state index is 0.358. The summed E-state index contributed by atoms with van der Waals surface area (Å²) >= 11 is 0. The first-order valence-corrected chi connectivity index (χ1v) is 6.88. The van der Waals surface area contributed by atoms with Crippen LogP contribution in [0.1, 0.15) is 24.2 Å². The van der Waals surface area contributed by atoms with Crippen molar-refractivity contribution in [2.45, 2.75) is 25.9 Å². The zero-order valence-electron chi connectivity index (χ0n) is 12.6. The van der Waals surface area contributed by atoms with E-state index < -0.39 is 0 Å². The number of carbonyl (C=O) groups is 1. The molecule has 1 saturated heterocycles. The van der Waals surface area contributed by atoms with E-state index in [-0.39, 0.29) is 5.97 Å². The molecular formula is C15H23N3O2. The van der Waals surface area contributed by atoms with Crippen LogP contribution in [-0.4, -0.2) is 50.2 Å². The van der Waals surface area contributed by atoms with Gasteiger partial charge in [-0.05, 0) is 39.1 Å². The average molecular weight is 277 g/mol. The van der Waals surface area contributed by atoms with Crippen molar-refractivity contribution in [3.8, 4) is 0 Å². The number of piperazine rings is 1. The number of hydrogen-bond acceptors (Lipinski definition) is 5. The fraction of sp³-hybridized carbons (Fsp3) is 0.533. The zero-order chi connectivity index (χ0) is 14.9. The molecule has 110 valence electrons. The van der Waals surface area contributed by atoms with Crippen LogP contribution in [-0.2, 0) is 4.74 Å². The maximum atomic E-state index is 11.5. The van der Waals surface area contributed by atoms with E-state index >= 15 is 0 Å². The number of ether oxygens (including phenoxy) is 1. The maximum absolute atomic E-state index is 11.5. The molecule has 20 heavy (non-hydrogen) atoms. The lowest BCUT2D eigenvalue weighted by molar-refractivity contribution is 0.0601. The van der Waals surface area contributed by atoms with Gasteiger partial charge in [-0.3, -0.25) is 4.90 Å². The third kappa shape index (κ3) is 2.72. The van der Waals surface area contributed by atoms with Gasteiger partial charge < -0.3 is 15.4 Å². The highest BCUT2D eigenvalue weighted by Gasteiger charge is 2.27. The summed E-state index contributed by atoms with van der Waals surface area (Å²) < 4.78 is 4.71. The number of nitrogens with zero attached hydrogens (tertiary/aromatic N) is 2. The van der Waals surface area contributed by atoms with Crippen molar-refractivity contribution < 1.29 is 9.53 Å². The number of likely N-dealkylation sites (N-methyl/N-ethyl adjacent to an activating group) is 1. The smallest absolute Gasteiger partial charge is 0.337 e. The van der Waals surface area contributed by atoms with Crippen LogP contribution in [0.2, 0.25) is 0 Å². The largest absolute Gasteiger partial charge is 0.465 e. The third-order valence-corrected chi connectivity index (χ3v) is 4.15. The van der Waals surface area contributed by atoms with E-state index in [1.54, 1.807) is 12.1 Å². The van der Waals surface area contributed by atoms with Gasteiger partial charge in [-0.2, -0.15) is 0 Å². The van der Waals surface area contributed by atoms with Crippen molar-refractivity contribution >= 4 is 17.3 Å². The van der Waals surface area contributed by atoms with E-state index in [2.05, 4.69) is 30.7 Å². The predicted molar refractivity (Wildman–Crippen MR) is 81.1 cm³/mol. The first-order valence-electron chi connectivity index (χ1n) is 6.88. The number of carbonyl (C=O) groups excluding carboxylic acids is 1. The van der Waals surface area contributed by atoms with Crippen LogP contribution in [0.25, 0.3) is 0 Å². The minimum Gasteiger partial charge on any atom is -0.465 e. The highest BCUT2D eigenvalue weighted by atomic mass is 16.5. The number of rotatable bonds is 2. The van der Waals surface area contributed by atoms with Crippen molar-refractivity contribution in [2.24, 2.45) is 0 Å². The van der Waals surface area contributed by atoms with Gasteiger partial charge in [0.1, 0.15) is 0 Å². The number of methoxy groups -OCH3 is 1. The number of anilines is 2. The fourth-order valence-corrected chi connectivity index (χ4v) is 2.69. The highest BCUT2D eigenvalue weighted by Crippen LogP contribution is 2.28. The molecule has 1 aromatic rings. The Hall–Kier alpha value is -1.75. The number of hydrogen-bond donors (Lipinski definition) is 1. The lowest BCUT2D eigenvalue weighted by atomic mass is 10.1. The Balaban J connectivity index is 2.23. The van der Waals surface area contributed by atoms with Gasteiger partial charge in [-0.15, -0.1) is 0 Å². The molecule has 0 spiro atoms. The Morgan fingerprint density at radius 2 is 1.90 bits per heavy atom. The van der Waals surface area contributed by atoms with E-state index in [1.807, 2.05) is 6.07 Å². The van der Waals surface area contributed by atoms with E-state index in [9.17, 15) is 4.79 Å². The van der Waals surface area contributed by atoms with Crippen molar-refractivity contribution in [1.82, 2.24) is 4.90 Å². The molecule has 2 N–H and O–H groups in total. The molecule has 0 bridgehead atoms. The van der Waals surface area contributed by atoms with Crippen LogP contribution in [0.15, 0.2) is 18.2 Å². The summed E-state index contributed by atoms with van der Waals surface area (Å²) in [5.74, 6) is -0.358. The van der Waals surface area contributed by atoms with Gasteiger partial charge in [-0.25, -0.2) is 4.79 Å². The van der Waals surface area contributed by atoms with Gasteiger partial charge in [-0.1, -0.05) is 0 Å². The maximum Gasteiger partial charge on any atom is 0.337 e. The van der Waals surface area contributed by atoms with Crippen LogP contribution in [0.5, 0.6) is 0 Å². The van der Waals surface area contributed by atoms with Gasteiger partial charge in [0.2, 0.25) is 0 Å². The Morgan fingerprint density at radius 3 is 2.40 bits per heavy atom. The van der Waals surface area contributed by atoms with Gasteiger partial charge >= 0.3 is 5.97 Å². The molecule has 5 heteroatoms. The lowest BCUT2D eigenvalue weighted by Gasteiger charge is -2.43. The van der Waals surface area contributed by atoms with Crippen LogP contribution in [0.3, 0.4) is 0 Å². The lowest BCUT2D eigenvalue weighted by Crippen LogP contribution is -2.55. The molecule has 2 rings (SSSR count). The summed E-state index contributed by atoms with van der Waals surface area (Å²) in [5.41, 5.74) is 8.21. The summed E-state index contributed by atoms with van der Waals surface area (Å²) in [6.45, 7) is 6.29. The zero-order valence-corrected chi connectivity index (χ0v) is 12.6. The number of nitrogens with two attached hydrogens (primary N) is 1. The van der Waals surface area contributed by atoms with E-state index in [4.69, 9.17) is 10.5 Å². The van der Waals surface area contributed by atoms with E-state index in [1.165, 1.54) is 7.11 Å². The van der Waals surface area contributed by atoms with Crippen molar-refractivity contribution in [2.75, 3.05) is 37.9 Å². The van der Waals surface area contributed by atoms with Gasteiger partial charge in [0, 0.05) is 25.2 Å². The summed E-state index contributed by atoms with van der Waals surface area (Å²) in [6, 6.07) is 6.31. The summed E-state index contributed by atoms with van der Waals surface area (Å²) in [5, 5.41) is 0. The van der Waals surface area contributed by atoms with Crippen molar-refractivity contribution in [3.05, 3.63) is 23.8 Å². The molecule has 0 radical (unpaired) electrons. The summed E-state index contributed by atoms with van der Waals surface area (Å²) in [4.78, 5) is 16.2. The monoisotopic (exact) mass is 277 g/mol. The number of nitrogen functional groups attached to an aromatic ring is 1. The van der Waals surface area contributed by atoms with Crippen LogP contribution < -0.4 is 10.6 Å². The number of benzene rings is 1. The molecule has 1 fully saturated rings. The SMILES string of the molecule is COC(=O)c1ccc(N2CC(C)N(C)C(C)C2)c(N)c1. The first-order chi connectivity index (χ1) is 9.43. The molecule has 0 amide bonds. The average Bonchev–Trinajstić information content (AvgIpc) is 2.43. The van der Waals surface area contributed by atoms with Gasteiger partial charge in [0.05, 0.1) is 24.0 Å². The van der Waals surface area contributed by atoms with Crippen molar-refractivity contribution in [1.29, 1.82) is 0 Å². The topological polar surface area (TPSA) is 58.8 Å². The predicted octanol–water partition coefficient (Wildman–Crippen LogP) is 1.58. The van der Waals surface area contributed by atoms with Crippen LogP contribution >= 0.6 is 0 Å². The van der Waals surface area contributed by atoms with E-state index in [0.29, 0.717) is 23.3 Å². The molecule has 1 aliphatic heterocycles. The molecule has 1 heterocycles. The minimum atomic E-state index is -0.358. The molecular weight excluding hydrogens is 254 g/mol. The standard InChI is InChI=1S/C15H23N3O2/c1-10-8-18(9-11(2)17(10)3)14-6-5-12(7-13(14)16)15(19)20-4/h5-7,10-11H,8-9,16H2,1-4H3. The molecule has 1 aromatic carbocycles. The van der Waals surface area contributed by atoms with Crippen LogP contribution in [0, 0.1) is 0 Å². The Morgan fingerprint density at radius 1 is 1.30 bits per heavy atom. The first kappa shape index (κ1) is 14.7. The second-order valence-electron chi connectivity index (χ2n) is 5.53. The van der Waals surface area contributed by atoms with Crippen LogP contribution in [0.4, 0.5) is 11.4 Å². The Labute approximate surface area is 120 Å². The number of esters is 1. The third-order valence-electron chi connectivity index (χ3n) is 4.15. The molecule has 2 atom stereocenters. The van der Waals surface area contributed by atoms with E-state index in [0.717, 1.165) is 18.8 Å². The van der Waals surface area contributed by atoms with Crippen molar-refractivity contribution in [3.63, 3.8) is 0 Å². The van der Waals surface area contributed by atoms with Gasteiger partial charge in [0.25, 0.3) is 0 Å². The Kier molecular flexibility index (Phi) is 4.18. The molecule has 2 unspecified atom stereocenters. The second-order valence-corrected chi connectivity index (χ2v) is 5.53. The summed E-state index contributed by atoms with van der Waals surface area (Å²) in [6.07, 6.45) is 0. The Bertz CT molecular complexity index is 492. The molecule has 0 aromatic heterocycles. The van der Waals surface area contributed by atoms with Gasteiger partial charge in [0.15, 0.2) is 0 Å². The quantitative estimate of drug-likeness (QED) is 0.657. The molecule has 5 nitrogen and oxygen atoms in total. The summed E-state index contributed by atoms with van der Waals surface area (Å²) in [7, 11) is 3.52. The molecule has 1 aliphatic rings. The molecule has 0 saturated carbocycles. The highest BCUT2D eigenvalue weighted by molar-refractivity contribution is 5.92. The second kappa shape index (κ2) is 5.71.